The molecule has 8 nitrogen and oxygen atoms in total. The molecule has 1 spiro atoms. The SMILES string of the molecule is C#Cc1cccc2cc(O)cc(-c3ccc4c(N5CC6CCC(C5)N6)nc(OCC5(CN6CC7(CCCO7)C6)CC5)nc4c3F)c12. The number of rotatable bonds is 7. The molecular weight excluding hydrogens is 581 g/mol. The van der Waals surface area contributed by atoms with Gasteiger partial charge in [0.15, 0.2) is 5.82 Å². The fourth-order valence-electron chi connectivity index (χ4n) is 8.46. The normalized spacial score (nSPS) is 24.4. The predicted octanol–water partition coefficient (Wildman–Crippen LogP) is 5.24. The molecule has 4 saturated heterocycles. The molecule has 5 heterocycles. The summed E-state index contributed by atoms with van der Waals surface area (Å²) in [7, 11) is 0. The van der Waals surface area contributed by atoms with E-state index in [1.807, 2.05) is 24.3 Å². The number of aromatic hydroxyl groups is 1. The van der Waals surface area contributed by atoms with E-state index in [0.717, 1.165) is 88.6 Å². The van der Waals surface area contributed by atoms with Crippen LogP contribution in [0, 0.1) is 23.6 Å². The number of hydrogen-bond acceptors (Lipinski definition) is 8. The molecule has 0 amide bonds. The van der Waals surface area contributed by atoms with Crippen LogP contribution in [0.15, 0.2) is 42.5 Å². The Kier molecular flexibility index (Phi) is 6.47. The van der Waals surface area contributed by atoms with Crippen molar-refractivity contribution in [1.82, 2.24) is 20.2 Å². The summed E-state index contributed by atoms with van der Waals surface area (Å²) in [5.41, 5.74) is 1.85. The van der Waals surface area contributed by atoms with E-state index >= 15 is 4.39 Å². The van der Waals surface area contributed by atoms with Crippen LogP contribution in [0.3, 0.4) is 0 Å². The highest BCUT2D eigenvalue weighted by molar-refractivity contribution is 6.04. The fraction of sp³-hybridized carbons (Fsp3) is 0.459. The van der Waals surface area contributed by atoms with Crippen molar-refractivity contribution >= 4 is 27.5 Å². The number of likely N-dealkylation sites (tertiary alicyclic amines) is 1. The molecule has 9 heteroatoms. The highest BCUT2D eigenvalue weighted by atomic mass is 19.1. The lowest BCUT2D eigenvalue weighted by Crippen LogP contribution is -2.62. The van der Waals surface area contributed by atoms with Crippen LogP contribution in [0.25, 0.3) is 32.8 Å². The predicted molar refractivity (Wildman–Crippen MR) is 176 cm³/mol. The molecule has 5 aliphatic rings. The molecule has 1 saturated carbocycles. The molecule has 0 radical (unpaired) electrons. The number of benzene rings is 3. The van der Waals surface area contributed by atoms with Gasteiger partial charge in [-0.25, -0.2) is 4.39 Å². The van der Waals surface area contributed by atoms with Crippen LogP contribution < -0.4 is 15.0 Å². The molecule has 46 heavy (non-hydrogen) atoms. The van der Waals surface area contributed by atoms with Gasteiger partial charge in [0.1, 0.15) is 17.1 Å². The van der Waals surface area contributed by atoms with Crippen molar-refractivity contribution in [1.29, 1.82) is 0 Å². The van der Waals surface area contributed by atoms with Gasteiger partial charge in [0.2, 0.25) is 0 Å². The number of hydrogen-bond donors (Lipinski definition) is 2. The van der Waals surface area contributed by atoms with Crippen molar-refractivity contribution in [3.8, 4) is 35.2 Å². The molecule has 4 aromatic rings. The lowest BCUT2D eigenvalue weighted by Gasteiger charge is -2.48. The van der Waals surface area contributed by atoms with Crippen molar-refractivity contribution in [2.45, 2.75) is 56.2 Å². The Labute approximate surface area is 267 Å². The van der Waals surface area contributed by atoms with Crippen molar-refractivity contribution in [2.75, 3.05) is 50.8 Å². The first-order chi connectivity index (χ1) is 22.4. The van der Waals surface area contributed by atoms with E-state index in [9.17, 15) is 5.11 Å². The second kappa shape index (κ2) is 10.5. The van der Waals surface area contributed by atoms with E-state index in [-0.39, 0.29) is 28.3 Å². The maximum atomic E-state index is 16.9. The Bertz CT molecular complexity index is 1890. The average Bonchev–Trinajstić information content (AvgIpc) is 3.47. The number of nitrogens with one attached hydrogen (secondary N) is 1. The van der Waals surface area contributed by atoms with E-state index < -0.39 is 5.82 Å². The molecule has 4 aliphatic heterocycles. The van der Waals surface area contributed by atoms with Gasteiger partial charge in [-0.2, -0.15) is 9.97 Å². The second-order valence-electron chi connectivity index (χ2n) is 14.3. The van der Waals surface area contributed by atoms with Gasteiger partial charge in [0.05, 0.1) is 12.2 Å². The number of aromatic nitrogens is 2. The summed E-state index contributed by atoms with van der Waals surface area (Å²) in [4.78, 5) is 14.4. The maximum absolute atomic E-state index is 16.9. The molecular formula is C37H38FN5O3. The number of nitrogens with zero attached hydrogens (tertiary/aromatic N) is 4. The smallest absolute Gasteiger partial charge is 0.319 e. The van der Waals surface area contributed by atoms with Crippen molar-refractivity contribution in [3.05, 3.63) is 53.8 Å². The third-order valence-corrected chi connectivity index (χ3v) is 10.9. The minimum Gasteiger partial charge on any atom is -0.508 e. The number of piperazine rings is 1. The minimum atomic E-state index is -0.480. The van der Waals surface area contributed by atoms with E-state index in [1.54, 1.807) is 18.2 Å². The van der Waals surface area contributed by atoms with E-state index in [0.29, 0.717) is 46.6 Å². The van der Waals surface area contributed by atoms with E-state index in [1.165, 1.54) is 0 Å². The third-order valence-electron chi connectivity index (χ3n) is 10.9. The topological polar surface area (TPSA) is 83.0 Å². The van der Waals surface area contributed by atoms with Gasteiger partial charge in [0, 0.05) is 78.7 Å². The van der Waals surface area contributed by atoms with Gasteiger partial charge in [0.25, 0.3) is 0 Å². The summed E-state index contributed by atoms with van der Waals surface area (Å²) in [5.74, 6) is 3.01. The van der Waals surface area contributed by atoms with Crippen LogP contribution >= 0.6 is 0 Å². The average molecular weight is 620 g/mol. The van der Waals surface area contributed by atoms with E-state index in [4.69, 9.17) is 25.9 Å². The monoisotopic (exact) mass is 619 g/mol. The molecule has 9 rings (SSSR count). The van der Waals surface area contributed by atoms with Gasteiger partial charge in [-0.1, -0.05) is 24.1 Å². The number of phenolic OH excluding ortho intramolecular Hbond substituents is 1. The van der Waals surface area contributed by atoms with Crippen LogP contribution in [0.2, 0.25) is 0 Å². The van der Waals surface area contributed by atoms with Crippen LogP contribution in [0.1, 0.15) is 44.1 Å². The van der Waals surface area contributed by atoms with Gasteiger partial charge >= 0.3 is 6.01 Å². The van der Waals surface area contributed by atoms with Crippen LogP contribution in [0.5, 0.6) is 11.8 Å². The van der Waals surface area contributed by atoms with E-state index in [2.05, 4.69) is 21.0 Å². The summed E-state index contributed by atoms with van der Waals surface area (Å²) in [6.45, 7) is 5.95. The van der Waals surface area contributed by atoms with Crippen molar-refractivity contribution < 1.29 is 19.0 Å². The molecule has 2 atom stereocenters. The molecule has 236 valence electrons. The van der Waals surface area contributed by atoms with Gasteiger partial charge in [-0.3, -0.25) is 4.90 Å². The summed E-state index contributed by atoms with van der Waals surface area (Å²) >= 11 is 0. The number of ether oxygens (including phenoxy) is 2. The Hall–Kier alpha value is -3.97. The van der Waals surface area contributed by atoms with Crippen LogP contribution in [0.4, 0.5) is 10.2 Å². The molecule has 1 aliphatic carbocycles. The quantitative estimate of drug-likeness (QED) is 0.272. The number of phenols is 1. The zero-order valence-corrected chi connectivity index (χ0v) is 25.9. The number of fused-ring (bicyclic) bond motifs is 4. The largest absolute Gasteiger partial charge is 0.508 e. The van der Waals surface area contributed by atoms with Crippen LogP contribution in [-0.2, 0) is 4.74 Å². The third kappa shape index (κ3) is 4.77. The van der Waals surface area contributed by atoms with Crippen LogP contribution in [-0.4, -0.2) is 83.6 Å². The zero-order chi connectivity index (χ0) is 31.0. The minimum absolute atomic E-state index is 0.0437. The molecule has 2 unspecified atom stereocenters. The van der Waals surface area contributed by atoms with Crippen molar-refractivity contribution in [3.63, 3.8) is 0 Å². The zero-order valence-electron chi connectivity index (χ0n) is 25.9. The lowest BCUT2D eigenvalue weighted by molar-refractivity contribution is -0.117. The van der Waals surface area contributed by atoms with Crippen molar-refractivity contribution in [2.24, 2.45) is 5.41 Å². The number of halogens is 1. The summed E-state index contributed by atoms with van der Waals surface area (Å²) in [5, 5.41) is 16.4. The molecule has 2 N–H and O–H groups in total. The molecule has 1 aromatic heterocycles. The highest BCUT2D eigenvalue weighted by Crippen LogP contribution is 2.49. The van der Waals surface area contributed by atoms with Gasteiger partial charge in [-0.15, -0.1) is 6.42 Å². The summed E-state index contributed by atoms with van der Waals surface area (Å²) in [6, 6.07) is 13.4. The second-order valence-corrected chi connectivity index (χ2v) is 14.3. The standard InChI is InChI=1S/C37H38FN5O3/c1-2-23-5-3-6-24-15-27(44)16-30(31(23)24)28-9-10-29-33(32(28)38)40-35(41-34(29)43-17-25-7-8-26(18-43)39-25)45-22-36(12-13-36)19-42-20-37(21-42)11-4-14-46-37/h1,3,5-6,9-10,15-16,25-26,39,44H,4,7-8,11-14,17-22H2. The molecule has 5 fully saturated rings. The van der Waals surface area contributed by atoms with Gasteiger partial charge in [-0.05, 0) is 73.7 Å². The lowest BCUT2D eigenvalue weighted by atomic mass is 9.89. The maximum Gasteiger partial charge on any atom is 0.319 e. The summed E-state index contributed by atoms with van der Waals surface area (Å²) < 4.78 is 29.3. The first kappa shape index (κ1) is 28.3. The highest BCUT2D eigenvalue weighted by Gasteiger charge is 2.52. The fourth-order valence-corrected chi connectivity index (χ4v) is 8.46. The van der Waals surface area contributed by atoms with Gasteiger partial charge < -0.3 is 24.8 Å². The molecule has 2 bridgehead atoms. The Balaban J connectivity index is 1.09. The number of anilines is 1. The Morgan fingerprint density at radius 2 is 1.89 bits per heavy atom. The Morgan fingerprint density at radius 3 is 2.63 bits per heavy atom. The Morgan fingerprint density at radius 1 is 1.07 bits per heavy atom. The first-order valence-corrected chi connectivity index (χ1v) is 16.6. The number of terminal acetylenes is 1. The summed E-state index contributed by atoms with van der Waals surface area (Å²) in [6.07, 6.45) is 12.6. The first-order valence-electron chi connectivity index (χ1n) is 16.6. The molecule has 3 aromatic carbocycles.